The molecule has 0 spiro atoms. The topological polar surface area (TPSA) is 118 Å². The van der Waals surface area contributed by atoms with Gasteiger partial charge in [-0.05, 0) is 26.0 Å². The Labute approximate surface area is 163 Å². The van der Waals surface area contributed by atoms with E-state index >= 15 is 0 Å². The molecule has 1 aromatic heterocycles. The van der Waals surface area contributed by atoms with Gasteiger partial charge in [-0.1, -0.05) is 0 Å². The van der Waals surface area contributed by atoms with Crippen LogP contribution in [0.1, 0.15) is 24.2 Å². The number of amides is 2. The summed E-state index contributed by atoms with van der Waals surface area (Å²) in [6.07, 6.45) is 2.12. The van der Waals surface area contributed by atoms with Crippen LogP contribution in [0.15, 0.2) is 30.6 Å². The van der Waals surface area contributed by atoms with E-state index in [0.29, 0.717) is 38.3 Å². The van der Waals surface area contributed by atoms with Gasteiger partial charge in [-0.3, -0.25) is 9.69 Å². The number of nitrogens with two attached hydrogens (primary N) is 2. The van der Waals surface area contributed by atoms with Crippen molar-refractivity contribution in [2.75, 3.05) is 36.8 Å². The number of aldehydes is 1. The predicted molar refractivity (Wildman–Crippen MR) is 105 cm³/mol. The summed E-state index contributed by atoms with van der Waals surface area (Å²) in [4.78, 5) is 35.6. The van der Waals surface area contributed by atoms with Crippen LogP contribution in [-0.2, 0) is 0 Å². The summed E-state index contributed by atoms with van der Waals surface area (Å²) in [7, 11) is 0. The fourth-order valence-corrected chi connectivity index (χ4v) is 3.05. The van der Waals surface area contributed by atoms with Crippen molar-refractivity contribution < 1.29 is 19.6 Å². The first-order valence-electron chi connectivity index (χ1n) is 9.19. The van der Waals surface area contributed by atoms with Gasteiger partial charge in [0.25, 0.3) is 0 Å². The quantitative estimate of drug-likeness (QED) is 0.577. The fraction of sp³-hybridized carbons (Fsp3) is 0.368. The Kier molecular flexibility index (Phi) is 6.05. The third kappa shape index (κ3) is 4.55. The minimum atomic E-state index is -0.0463. The van der Waals surface area contributed by atoms with Crippen LogP contribution >= 0.6 is 0 Å². The lowest BCUT2D eigenvalue weighted by atomic mass is 10.2. The minimum Gasteiger partial charge on any atom is -0.491 e. The largest absolute Gasteiger partial charge is 0.491 e. The zero-order valence-corrected chi connectivity index (χ0v) is 16.0. The Morgan fingerprint density at radius 1 is 1.18 bits per heavy atom. The van der Waals surface area contributed by atoms with Crippen molar-refractivity contribution in [1.82, 2.24) is 14.9 Å². The highest BCUT2D eigenvalue weighted by atomic mass is 16.5. The summed E-state index contributed by atoms with van der Waals surface area (Å²) in [5, 5.41) is 1.62. The molecule has 2 heterocycles. The number of ether oxygens (including phenoxy) is 1. The number of hydrogen-bond donors (Lipinski definition) is 2. The van der Waals surface area contributed by atoms with Gasteiger partial charge >= 0.3 is 6.03 Å². The van der Waals surface area contributed by atoms with Crippen LogP contribution < -0.4 is 20.7 Å². The molecule has 1 fully saturated rings. The maximum atomic E-state index is 12.6. The number of anilines is 2. The molecule has 0 bridgehead atoms. The van der Waals surface area contributed by atoms with E-state index in [1.807, 2.05) is 43.0 Å². The van der Waals surface area contributed by atoms with Crippen molar-refractivity contribution in [2.24, 2.45) is 0 Å². The van der Waals surface area contributed by atoms with E-state index in [2.05, 4.69) is 9.97 Å². The molecule has 2 amide bonds. The van der Waals surface area contributed by atoms with Crippen LogP contribution in [0, 0.1) is 0 Å². The van der Waals surface area contributed by atoms with Crippen LogP contribution in [0.2, 0.25) is 0 Å². The lowest BCUT2D eigenvalue weighted by Crippen LogP contribution is -2.86. The van der Waals surface area contributed by atoms with Crippen LogP contribution in [0.3, 0.4) is 0 Å². The Hall–Kier alpha value is -3.20. The Balaban J connectivity index is 1.57. The van der Waals surface area contributed by atoms with E-state index in [9.17, 15) is 9.59 Å². The molecule has 1 saturated heterocycles. The lowest BCUT2D eigenvalue weighted by Gasteiger charge is -2.34. The second kappa shape index (κ2) is 8.66. The molecule has 2 aromatic rings. The third-order valence-electron chi connectivity index (χ3n) is 4.44. The number of hydrogen-bond acceptors (Lipinski definition) is 7. The smallest absolute Gasteiger partial charge is 0.421 e. The first kappa shape index (κ1) is 19.6. The molecule has 0 radical (unpaired) electrons. The predicted octanol–water partition coefficient (Wildman–Crippen LogP) is 0.796. The average molecular weight is 385 g/mol. The Morgan fingerprint density at radius 2 is 1.86 bits per heavy atom. The number of piperazine rings is 1. The molecule has 1 aromatic carbocycles. The highest BCUT2D eigenvalue weighted by Gasteiger charge is 2.26. The second-order valence-corrected chi connectivity index (χ2v) is 6.81. The van der Waals surface area contributed by atoms with Crippen LogP contribution in [0.25, 0.3) is 0 Å². The number of nitrogen functional groups attached to an aromatic ring is 1. The van der Waals surface area contributed by atoms with Crippen LogP contribution in [0.4, 0.5) is 22.1 Å². The molecule has 0 aliphatic carbocycles. The zero-order valence-electron chi connectivity index (χ0n) is 16.0. The normalized spacial score (nSPS) is 14.2. The van der Waals surface area contributed by atoms with Crippen molar-refractivity contribution in [2.45, 2.75) is 20.0 Å². The average Bonchev–Trinajstić information content (AvgIpc) is 2.69. The van der Waals surface area contributed by atoms with Gasteiger partial charge in [0.05, 0.1) is 11.7 Å². The number of aromatic nitrogens is 2. The molecule has 1 aliphatic rings. The van der Waals surface area contributed by atoms with Crippen molar-refractivity contribution >= 4 is 29.6 Å². The van der Waals surface area contributed by atoms with E-state index in [4.69, 9.17) is 10.5 Å². The molecule has 3 rings (SSSR count). The summed E-state index contributed by atoms with van der Waals surface area (Å²) in [5.41, 5.74) is 6.87. The minimum absolute atomic E-state index is 0.0463. The number of urea groups is 1. The monoisotopic (exact) mass is 385 g/mol. The number of primary amides is 1. The number of quaternary nitrogens is 1. The number of nitrogens with zero attached hydrogens (tertiary/aromatic N) is 4. The SMILES string of the molecule is CC(C)Oc1ccc([NH2+]C(=O)N2CCN(c3ncnc(N)c3C=O)CC2)cc1. The maximum absolute atomic E-state index is 12.6. The van der Waals surface area contributed by atoms with Crippen molar-refractivity contribution in [1.29, 1.82) is 0 Å². The molecule has 28 heavy (non-hydrogen) atoms. The number of rotatable bonds is 5. The molecule has 0 saturated carbocycles. The molecule has 4 N–H and O–H groups in total. The van der Waals surface area contributed by atoms with Crippen molar-refractivity contribution in [3.63, 3.8) is 0 Å². The first-order valence-corrected chi connectivity index (χ1v) is 9.19. The standard InChI is InChI=1S/C19H24N6O3/c1-13(2)28-15-5-3-14(4-6-15)23-19(27)25-9-7-24(8-10-25)18-16(11-26)17(20)21-12-22-18/h3-6,11-13H,7-10H2,1-2H3,(H,23,27)(H2,20,21,22)/p+1. The van der Waals surface area contributed by atoms with E-state index in [-0.39, 0.29) is 23.5 Å². The summed E-state index contributed by atoms with van der Waals surface area (Å²) >= 11 is 0. The van der Waals surface area contributed by atoms with Gasteiger partial charge in [0.1, 0.15) is 29.4 Å². The Bertz CT molecular complexity index is 832. The van der Waals surface area contributed by atoms with Crippen LogP contribution in [0.5, 0.6) is 5.75 Å². The number of benzene rings is 1. The van der Waals surface area contributed by atoms with E-state index in [0.717, 1.165) is 11.4 Å². The summed E-state index contributed by atoms with van der Waals surface area (Å²) in [6.45, 7) is 6.14. The molecule has 9 nitrogen and oxygen atoms in total. The van der Waals surface area contributed by atoms with E-state index in [1.54, 1.807) is 10.2 Å². The summed E-state index contributed by atoms with van der Waals surface area (Å²) in [6, 6.07) is 7.40. The van der Waals surface area contributed by atoms with E-state index in [1.165, 1.54) is 6.33 Å². The summed E-state index contributed by atoms with van der Waals surface area (Å²) in [5.74, 6) is 1.46. The number of carbonyl (C=O) groups is 2. The van der Waals surface area contributed by atoms with Gasteiger partial charge in [-0.15, -0.1) is 0 Å². The highest BCUT2D eigenvalue weighted by Crippen LogP contribution is 2.20. The molecule has 1 aliphatic heterocycles. The van der Waals surface area contributed by atoms with Gasteiger partial charge < -0.3 is 15.4 Å². The second-order valence-electron chi connectivity index (χ2n) is 6.81. The van der Waals surface area contributed by atoms with Crippen molar-refractivity contribution in [3.8, 4) is 5.75 Å². The maximum Gasteiger partial charge on any atom is 0.421 e. The summed E-state index contributed by atoms with van der Waals surface area (Å²) < 4.78 is 5.61. The molecule has 9 heteroatoms. The van der Waals surface area contributed by atoms with Gasteiger partial charge in [-0.2, -0.15) is 0 Å². The third-order valence-corrected chi connectivity index (χ3v) is 4.44. The molecule has 0 unspecified atom stereocenters. The zero-order chi connectivity index (χ0) is 20.1. The van der Waals surface area contributed by atoms with Crippen molar-refractivity contribution in [3.05, 3.63) is 36.2 Å². The first-order chi connectivity index (χ1) is 13.5. The van der Waals surface area contributed by atoms with Gasteiger partial charge in [0, 0.05) is 38.3 Å². The molecule has 0 atom stereocenters. The number of carbonyl (C=O) groups excluding carboxylic acids is 2. The van der Waals surface area contributed by atoms with Gasteiger partial charge in [0.2, 0.25) is 0 Å². The fourth-order valence-electron chi connectivity index (χ4n) is 3.05. The molecule has 148 valence electrons. The van der Waals surface area contributed by atoms with Crippen LogP contribution in [-0.4, -0.2) is 59.5 Å². The highest BCUT2D eigenvalue weighted by molar-refractivity contribution is 5.88. The Morgan fingerprint density at radius 3 is 2.46 bits per heavy atom. The van der Waals surface area contributed by atoms with Gasteiger partial charge in [0.15, 0.2) is 6.29 Å². The molecular weight excluding hydrogens is 360 g/mol. The lowest BCUT2D eigenvalue weighted by molar-refractivity contribution is -0.473. The van der Waals surface area contributed by atoms with Gasteiger partial charge in [-0.25, -0.2) is 20.1 Å². The molecular formula is C19H25N6O3+. The van der Waals surface area contributed by atoms with E-state index < -0.39 is 0 Å².